The molecule has 0 radical (unpaired) electrons. The third-order valence-electron chi connectivity index (χ3n) is 6.38. The molecule has 0 N–H and O–H groups in total. The highest BCUT2D eigenvalue weighted by Crippen LogP contribution is 2.41. The molecular formula is C28H26NO4P. The Balaban J connectivity index is 1.65. The largest absolute Gasteiger partial charge is 0.477 e. The van der Waals surface area contributed by atoms with Gasteiger partial charge in [0.05, 0.1) is 6.04 Å². The first-order chi connectivity index (χ1) is 16.5. The van der Waals surface area contributed by atoms with Gasteiger partial charge in [0.2, 0.25) is 5.90 Å². The molecule has 1 aliphatic rings. The quantitative estimate of drug-likeness (QED) is 0.266. The molecule has 0 saturated carbocycles. The normalized spacial score (nSPS) is 16.3. The van der Waals surface area contributed by atoms with E-state index in [1.54, 1.807) is 0 Å². The highest BCUT2D eigenvalue weighted by atomic mass is 31.1. The Bertz CT molecular complexity index is 1520. The fourth-order valence-corrected chi connectivity index (χ4v) is 5.75. The minimum Gasteiger partial charge on any atom is -0.477 e. The van der Waals surface area contributed by atoms with Crippen LogP contribution in [0.1, 0.15) is 27.2 Å². The highest BCUT2D eigenvalue weighted by molar-refractivity contribution is 7.32. The summed E-state index contributed by atoms with van der Waals surface area (Å²) < 4.78 is 25.2. The molecule has 6 heteroatoms. The Labute approximate surface area is 198 Å². The number of aliphatic imine (C=N–C) groups is 1. The van der Waals surface area contributed by atoms with Crippen molar-refractivity contribution in [3.8, 4) is 0 Å². The van der Waals surface area contributed by atoms with E-state index in [4.69, 9.17) is 22.6 Å². The van der Waals surface area contributed by atoms with Crippen molar-refractivity contribution in [2.24, 2.45) is 4.99 Å². The highest BCUT2D eigenvalue weighted by Gasteiger charge is 2.35. The maximum absolute atomic E-state index is 6.45. The van der Waals surface area contributed by atoms with E-state index in [0.717, 1.165) is 49.9 Å². The monoisotopic (exact) mass is 471 g/mol. The zero-order valence-electron chi connectivity index (χ0n) is 19.4. The van der Waals surface area contributed by atoms with Gasteiger partial charge in [-0.3, -0.25) is 4.52 Å². The van der Waals surface area contributed by atoms with E-state index in [1.165, 1.54) is 0 Å². The van der Waals surface area contributed by atoms with Crippen molar-refractivity contribution in [2.75, 3.05) is 6.61 Å². The number of benzene rings is 4. The molecular weight excluding hydrogens is 445 g/mol. The molecule has 5 nitrogen and oxygen atoms in total. The number of ether oxygens (including phenoxy) is 1. The maximum atomic E-state index is 6.45. The smallest absolute Gasteiger partial charge is 0.388 e. The van der Waals surface area contributed by atoms with Crippen molar-refractivity contribution >= 4 is 57.6 Å². The minimum absolute atomic E-state index is 0.167. The fraction of sp³-hybridized carbons (Fsp3) is 0.250. The molecule has 0 saturated heterocycles. The van der Waals surface area contributed by atoms with Crippen molar-refractivity contribution in [2.45, 2.75) is 38.8 Å². The first-order valence-corrected chi connectivity index (χ1v) is 12.7. The van der Waals surface area contributed by atoms with E-state index in [9.17, 15) is 0 Å². The third-order valence-corrected chi connectivity index (χ3v) is 7.68. The third kappa shape index (κ3) is 3.56. The van der Waals surface area contributed by atoms with Gasteiger partial charge in [-0.05, 0) is 53.9 Å². The molecule has 1 aromatic heterocycles. The Morgan fingerprint density at radius 1 is 0.853 bits per heavy atom. The summed E-state index contributed by atoms with van der Waals surface area (Å²) in [6.07, 6.45) is 0.933. The molecule has 0 bridgehead atoms. The van der Waals surface area contributed by atoms with E-state index < -0.39 is 13.8 Å². The van der Waals surface area contributed by atoms with Crippen molar-refractivity contribution in [1.29, 1.82) is 0 Å². The zero-order chi connectivity index (χ0) is 23.3. The lowest BCUT2D eigenvalue weighted by atomic mass is 9.99. The van der Waals surface area contributed by atoms with Crippen LogP contribution in [0, 0.1) is 0 Å². The maximum Gasteiger partial charge on any atom is 0.388 e. The first-order valence-electron chi connectivity index (χ1n) is 11.6. The lowest BCUT2D eigenvalue weighted by molar-refractivity contribution is 0.187. The van der Waals surface area contributed by atoms with Gasteiger partial charge < -0.3 is 13.1 Å². The molecule has 0 unspecified atom stereocenters. The van der Waals surface area contributed by atoms with Crippen LogP contribution in [0.5, 0.6) is 0 Å². The summed E-state index contributed by atoms with van der Waals surface area (Å²) in [5.41, 5.74) is 0.710. The standard InChI is InChI=1S/C28H26NO4P/c1-4-20-17-30-27(29-20)28(2,3)33-34-31-23-15-13-18-9-5-7-11-21(18)25(23)26-22-12-8-6-10-19(22)14-16-24(26)32-34/h5-16,20H,4,17H2,1-3H3/t20-/m1/s1. The van der Waals surface area contributed by atoms with Crippen LogP contribution in [0.15, 0.2) is 86.2 Å². The molecule has 2 heterocycles. The van der Waals surface area contributed by atoms with Crippen molar-refractivity contribution in [3.05, 3.63) is 72.8 Å². The molecule has 0 spiro atoms. The van der Waals surface area contributed by atoms with Crippen LogP contribution in [-0.2, 0) is 4.74 Å². The van der Waals surface area contributed by atoms with Gasteiger partial charge in [0.1, 0.15) is 17.8 Å². The molecule has 172 valence electrons. The van der Waals surface area contributed by atoms with Gasteiger partial charge in [-0.2, -0.15) is 0 Å². The van der Waals surface area contributed by atoms with Crippen LogP contribution in [0.3, 0.4) is 0 Å². The predicted octanol–water partition coefficient (Wildman–Crippen LogP) is 8.01. The lowest BCUT2D eigenvalue weighted by Gasteiger charge is -2.21. The molecule has 1 aliphatic heterocycles. The Morgan fingerprint density at radius 2 is 1.41 bits per heavy atom. The predicted molar refractivity (Wildman–Crippen MR) is 139 cm³/mol. The fourth-order valence-electron chi connectivity index (χ4n) is 4.57. The van der Waals surface area contributed by atoms with Crippen LogP contribution in [-0.4, -0.2) is 24.1 Å². The van der Waals surface area contributed by atoms with E-state index >= 15 is 0 Å². The van der Waals surface area contributed by atoms with Gasteiger partial charge in [-0.25, -0.2) is 4.99 Å². The summed E-state index contributed by atoms with van der Waals surface area (Å²) in [6.45, 7) is 6.60. The summed E-state index contributed by atoms with van der Waals surface area (Å²) in [7, 11) is -1.77. The number of fused-ring (bicyclic) bond motifs is 7. The Morgan fingerprint density at radius 3 is 1.94 bits per heavy atom. The Kier molecular flexibility index (Phi) is 5.13. The van der Waals surface area contributed by atoms with E-state index in [-0.39, 0.29) is 6.04 Å². The molecule has 0 aliphatic carbocycles. The summed E-state index contributed by atoms with van der Waals surface area (Å²) in [6, 6.07) is 25.1. The SMILES string of the molecule is CC[C@@H]1COC(C(C)(C)Op2oc3ccc4ccccc4c3c3c(ccc4ccccc43)o2)=N1. The van der Waals surface area contributed by atoms with Gasteiger partial charge in [0.25, 0.3) is 0 Å². The van der Waals surface area contributed by atoms with Crippen LogP contribution in [0.25, 0.3) is 43.5 Å². The average molecular weight is 471 g/mol. The van der Waals surface area contributed by atoms with Crippen LogP contribution < -0.4 is 4.52 Å². The number of rotatable bonds is 4. The molecule has 4 aromatic carbocycles. The van der Waals surface area contributed by atoms with Gasteiger partial charge >= 0.3 is 8.24 Å². The second kappa shape index (κ2) is 8.19. The Hall–Kier alpha value is -3.27. The molecule has 5 aromatic rings. The first kappa shape index (κ1) is 21.3. The number of nitrogens with zero attached hydrogens (tertiary/aromatic N) is 1. The zero-order valence-corrected chi connectivity index (χ0v) is 20.3. The van der Waals surface area contributed by atoms with Gasteiger partial charge in [-0.15, -0.1) is 0 Å². The average Bonchev–Trinajstić information content (AvgIpc) is 3.28. The van der Waals surface area contributed by atoms with Crippen molar-refractivity contribution in [1.82, 2.24) is 0 Å². The van der Waals surface area contributed by atoms with Gasteiger partial charge in [-0.1, -0.05) is 67.6 Å². The van der Waals surface area contributed by atoms with Crippen LogP contribution in [0.2, 0.25) is 0 Å². The van der Waals surface area contributed by atoms with Crippen LogP contribution in [0.4, 0.5) is 0 Å². The molecule has 6 rings (SSSR count). The lowest BCUT2D eigenvalue weighted by Crippen LogP contribution is -2.37. The number of hydrogen-bond donors (Lipinski definition) is 0. The summed E-state index contributed by atoms with van der Waals surface area (Å²) >= 11 is 0. The van der Waals surface area contributed by atoms with E-state index in [2.05, 4.69) is 67.6 Å². The van der Waals surface area contributed by atoms with E-state index in [1.807, 2.05) is 26.0 Å². The molecule has 0 fully saturated rings. The topological polar surface area (TPSA) is 57.1 Å². The number of hydrogen-bond acceptors (Lipinski definition) is 5. The second-order valence-electron chi connectivity index (χ2n) is 9.13. The van der Waals surface area contributed by atoms with E-state index in [0.29, 0.717) is 12.5 Å². The second-order valence-corrected chi connectivity index (χ2v) is 10.1. The molecule has 34 heavy (non-hydrogen) atoms. The summed E-state index contributed by atoms with van der Waals surface area (Å²) in [5.74, 6) is 0.593. The van der Waals surface area contributed by atoms with Crippen LogP contribution >= 0.6 is 8.24 Å². The van der Waals surface area contributed by atoms with Crippen molar-refractivity contribution in [3.63, 3.8) is 0 Å². The van der Waals surface area contributed by atoms with Gasteiger partial charge in [0, 0.05) is 10.8 Å². The summed E-state index contributed by atoms with van der Waals surface area (Å²) in [4.78, 5) is 4.71. The summed E-state index contributed by atoms with van der Waals surface area (Å²) in [5, 5.41) is 6.58. The van der Waals surface area contributed by atoms with Crippen molar-refractivity contribution < 1.29 is 17.7 Å². The van der Waals surface area contributed by atoms with Gasteiger partial charge in [0.15, 0.2) is 5.60 Å². The molecule has 0 amide bonds. The molecule has 1 atom stereocenters. The minimum atomic E-state index is -1.77.